The average Bonchev–Trinajstić information content (AvgIpc) is 2.46. The van der Waals surface area contributed by atoms with Crippen LogP contribution in [0.15, 0.2) is 18.5 Å². The number of hydrogen-bond donors (Lipinski definition) is 2. The number of nitrogens with one attached hydrogen (secondary N) is 2. The van der Waals surface area contributed by atoms with Gasteiger partial charge in [-0.3, -0.25) is 0 Å². The van der Waals surface area contributed by atoms with Crippen molar-refractivity contribution in [1.29, 1.82) is 0 Å². The summed E-state index contributed by atoms with van der Waals surface area (Å²) in [4.78, 5) is 7.38. The second kappa shape index (κ2) is 2.97. The van der Waals surface area contributed by atoms with E-state index in [1.165, 1.54) is 12.0 Å². The summed E-state index contributed by atoms with van der Waals surface area (Å²) in [6.45, 7) is 1.10. The lowest BCUT2D eigenvalue weighted by atomic mass is 9.98. The summed E-state index contributed by atoms with van der Waals surface area (Å²) < 4.78 is 0. The predicted octanol–water partition coefficient (Wildman–Crippen LogP) is 2.25. The quantitative estimate of drug-likeness (QED) is 0.753. The van der Waals surface area contributed by atoms with E-state index in [9.17, 15) is 0 Å². The molecule has 1 atom stereocenters. The first-order valence-electron chi connectivity index (χ1n) is 4.70. The van der Waals surface area contributed by atoms with E-state index in [2.05, 4.69) is 15.3 Å². The van der Waals surface area contributed by atoms with Gasteiger partial charge in [-0.25, -0.2) is 4.98 Å². The molecule has 0 unspecified atom stereocenters. The number of aromatic nitrogens is 2. The molecule has 0 spiro atoms. The molecule has 3 nitrogen and oxygen atoms in total. The molecule has 0 aliphatic carbocycles. The van der Waals surface area contributed by atoms with E-state index in [-0.39, 0.29) is 0 Å². The second-order valence-corrected chi connectivity index (χ2v) is 4.03. The molecule has 2 N–H and O–H groups in total. The summed E-state index contributed by atoms with van der Waals surface area (Å²) in [5, 5.41) is 5.19. The fraction of sp³-hybridized carbons (Fsp3) is 0.300. The van der Waals surface area contributed by atoms with Crippen LogP contribution in [0.4, 0.5) is 0 Å². The Labute approximate surface area is 86.5 Å². The molecule has 2 aromatic heterocycles. The zero-order chi connectivity index (χ0) is 9.54. The summed E-state index contributed by atoms with van der Waals surface area (Å²) in [6.07, 6.45) is 4.88. The van der Waals surface area contributed by atoms with Gasteiger partial charge in [0.15, 0.2) is 0 Å². The van der Waals surface area contributed by atoms with Gasteiger partial charge in [0, 0.05) is 23.8 Å². The molecule has 1 saturated heterocycles. The van der Waals surface area contributed by atoms with Gasteiger partial charge in [-0.1, -0.05) is 11.6 Å². The molecule has 0 aromatic carbocycles. The Balaban J connectivity index is 2.18. The van der Waals surface area contributed by atoms with Crippen LogP contribution in [0.2, 0.25) is 5.02 Å². The molecule has 1 aliphatic rings. The molecule has 1 fully saturated rings. The highest BCUT2D eigenvalue weighted by atomic mass is 35.5. The van der Waals surface area contributed by atoms with Crippen molar-refractivity contribution in [2.24, 2.45) is 0 Å². The third-order valence-electron chi connectivity index (χ3n) is 2.73. The van der Waals surface area contributed by atoms with Crippen LogP contribution in [0.3, 0.4) is 0 Å². The minimum Gasteiger partial charge on any atom is -0.346 e. The summed E-state index contributed by atoms with van der Waals surface area (Å²) in [7, 11) is 0. The Hall–Kier alpha value is -1.06. The SMILES string of the molecule is Clc1cnc2[nH]cc([C@@H]3CCN3)c2c1. The van der Waals surface area contributed by atoms with E-state index >= 15 is 0 Å². The van der Waals surface area contributed by atoms with Crippen molar-refractivity contribution in [3.8, 4) is 0 Å². The molecule has 0 radical (unpaired) electrons. The number of fused-ring (bicyclic) bond motifs is 1. The number of nitrogens with zero attached hydrogens (tertiary/aromatic N) is 1. The first kappa shape index (κ1) is 8.26. The number of hydrogen-bond acceptors (Lipinski definition) is 2. The molecule has 2 aromatic rings. The lowest BCUT2D eigenvalue weighted by Crippen LogP contribution is -2.34. The second-order valence-electron chi connectivity index (χ2n) is 3.59. The third kappa shape index (κ3) is 1.13. The maximum Gasteiger partial charge on any atom is 0.137 e. The molecule has 14 heavy (non-hydrogen) atoms. The maximum absolute atomic E-state index is 5.92. The van der Waals surface area contributed by atoms with Crippen molar-refractivity contribution in [1.82, 2.24) is 15.3 Å². The molecular weight excluding hydrogens is 198 g/mol. The summed E-state index contributed by atoms with van der Waals surface area (Å²) in [5.74, 6) is 0. The van der Waals surface area contributed by atoms with Crippen LogP contribution in [-0.4, -0.2) is 16.5 Å². The Morgan fingerprint density at radius 3 is 3.07 bits per heavy atom. The van der Waals surface area contributed by atoms with Crippen LogP contribution in [0, 0.1) is 0 Å². The van der Waals surface area contributed by atoms with E-state index in [0.717, 1.165) is 17.6 Å². The molecule has 3 rings (SSSR count). The monoisotopic (exact) mass is 207 g/mol. The van der Waals surface area contributed by atoms with Crippen molar-refractivity contribution in [2.45, 2.75) is 12.5 Å². The number of pyridine rings is 1. The number of H-pyrrole nitrogens is 1. The van der Waals surface area contributed by atoms with E-state index in [1.807, 2.05) is 12.3 Å². The normalized spacial score (nSPS) is 21.1. The van der Waals surface area contributed by atoms with Crippen molar-refractivity contribution in [3.63, 3.8) is 0 Å². The topological polar surface area (TPSA) is 40.7 Å². The van der Waals surface area contributed by atoms with Crippen LogP contribution in [0.5, 0.6) is 0 Å². The van der Waals surface area contributed by atoms with Crippen LogP contribution in [0.25, 0.3) is 11.0 Å². The Morgan fingerprint density at radius 1 is 1.50 bits per heavy atom. The largest absolute Gasteiger partial charge is 0.346 e. The van der Waals surface area contributed by atoms with Crippen LogP contribution >= 0.6 is 11.6 Å². The number of rotatable bonds is 1. The molecule has 0 saturated carbocycles. The van der Waals surface area contributed by atoms with Gasteiger partial charge in [-0.2, -0.15) is 0 Å². The van der Waals surface area contributed by atoms with Crippen LogP contribution < -0.4 is 5.32 Å². The molecule has 4 heteroatoms. The Bertz CT molecular complexity index is 473. The van der Waals surface area contributed by atoms with Gasteiger partial charge in [0.1, 0.15) is 5.65 Å². The van der Waals surface area contributed by atoms with Gasteiger partial charge >= 0.3 is 0 Å². The maximum atomic E-state index is 5.92. The molecule has 3 heterocycles. The fourth-order valence-corrected chi connectivity index (χ4v) is 2.00. The molecule has 1 aliphatic heterocycles. The van der Waals surface area contributed by atoms with Crippen molar-refractivity contribution < 1.29 is 0 Å². The van der Waals surface area contributed by atoms with E-state index < -0.39 is 0 Å². The van der Waals surface area contributed by atoms with Gasteiger partial charge < -0.3 is 10.3 Å². The van der Waals surface area contributed by atoms with Crippen molar-refractivity contribution in [3.05, 3.63) is 29.0 Å². The molecule has 72 valence electrons. The zero-order valence-corrected chi connectivity index (χ0v) is 8.30. The lowest BCUT2D eigenvalue weighted by molar-refractivity contribution is 0.385. The highest BCUT2D eigenvalue weighted by Gasteiger charge is 2.21. The third-order valence-corrected chi connectivity index (χ3v) is 2.94. The fourth-order valence-electron chi connectivity index (χ4n) is 1.84. The number of aromatic amines is 1. The molecule has 0 bridgehead atoms. The Morgan fingerprint density at radius 2 is 2.36 bits per heavy atom. The smallest absolute Gasteiger partial charge is 0.137 e. The number of halogens is 1. The van der Waals surface area contributed by atoms with E-state index in [4.69, 9.17) is 11.6 Å². The van der Waals surface area contributed by atoms with Crippen LogP contribution in [-0.2, 0) is 0 Å². The van der Waals surface area contributed by atoms with Gasteiger partial charge in [0.25, 0.3) is 0 Å². The van der Waals surface area contributed by atoms with Crippen LogP contribution in [0.1, 0.15) is 18.0 Å². The van der Waals surface area contributed by atoms with Gasteiger partial charge in [0.05, 0.1) is 5.02 Å². The zero-order valence-electron chi connectivity index (χ0n) is 7.55. The summed E-state index contributed by atoms with van der Waals surface area (Å²) in [6, 6.07) is 2.44. The van der Waals surface area contributed by atoms with Gasteiger partial charge in [-0.05, 0) is 24.6 Å². The highest BCUT2D eigenvalue weighted by molar-refractivity contribution is 6.31. The minimum absolute atomic E-state index is 0.476. The van der Waals surface area contributed by atoms with Crippen molar-refractivity contribution >= 4 is 22.6 Å². The van der Waals surface area contributed by atoms with Gasteiger partial charge in [-0.15, -0.1) is 0 Å². The average molecular weight is 208 g/mol. The highest BCUT2D eigenvalue weighted by Crippen LogP contribution is 2.30. The van der Waals surface area contributed by atoms with Crippen molar-refractivity contribution in [2.75, 3.05) is 6.54 Å². The molecule has 0 amide bonds. The minimum atomic E-state index is 0.476. The molecular formula is C10H10ClN3. The summed E-state index contributed by atoms with van der Waals surface area (Å²) in [5.41, 5.74) is 2.19. The lowest BCUT2D eigenvalue weighted by Gasteiger charge is -2.27. The predicted molar refractivity (Wildman–Crippen MR) is 56.5 cm³/mol. The van der Waals surface area contributed by atoms with E-state index in [1.54, 1.807) is 6.20 Å². The first-order chi connectivity index (χ1) is 6.84. The first-order valence-corrected chi connectivity index (χ1v) is 5.08. The van der Waals surface area contributed by atoms with Gasteiger partial charge in [0.2, 0.25) is 0 Å². The summed E-state index contributed by atoms with van der Waals surface area (Å²) >= 11 is 5.92. The van der Waals surface area contributed by atoms with E-state index in [0.29, 0.717) is 11.1 Å². The Kier molecular flexibility index (Phi) is 1.75. The standard InChI is InChI=1S/C10H10ClN3/c11-6-3-7-8(9-1-2-12-9)5-14-10(7)13-4-6/h3-5,9,12H,1-2H2,(H,13,14)/t9-/m0/s1.